The van der Waals surface area contributed by atoms with E-state index in [0.29, 0.717) is 13.2 Å². The van der Waals surface area contributed by atoms with Gasteiger partial charge in [-0.25, -0.2) is 0 Å². The second kappa shape index (κ2) is 6.79. The molecular formula is C18H21NO3. The van der Waals surface area contributed by atoms with Gasteiger partial charge in [0.2, 0.25) is 0 Å². The Hall–Kier alpha value is -2.07. The Morgan fingerprint density at radius 2 is 2.09 bits per heavy atom. The molecule has 0 radical (unpaired) electrons. The SMILES string of the molecule is C[C@@H](c1ccccc1)N(Cc1ccco1)C(=O)[C@@H]1CCCO1. The Kier molecular flexibility index (Phi) is 4.59. The molecule has 0 aliphatic carbocycles. The van der Waals surface area contributed by atoms with Crippen molar-refractivity contribution in [1.29, 1.82) is 0 Å². The Morgan fingerprint density at radius 3 is 2.73 bits per heavy atom. The van der Waals surface area contributed by atoms with Crippen LogP contribution in [0.15, 0.2) is 53.1 Å². The van der Waals surface area contributed by atoms with E-state index in [2.05, 4.69) is 0 Å². The number of benzene rings is 1. The molecule has 2 aromatic rings. The van der Waals surface area contributed by atoms with E-state index in [4.69, 9.17) is 9.15 Å². The summed E-state index contributed by atoms with van der Waals surface area (Å²) in [6, 6.07) is 13.8. The first-order valence-corrected chi connectivity index (χ1v) is 7.75. The van der Waals surface area contributed by atoms with Crippen LogP contribution in [0.2, 0.25) is 0 Å². The maximum Gasteiger partial charge on any atom is 0.252 e. The van der Waals surface area contributed by atoms with Crippen LogP contribution in [0.3, 0.4) is 0 Å². The average molecular weight is 299 g/mol. The van der Waals surface area contributed by atoms with Gasteiger partial charge in [0.1, 0.15) is 11.9 Å². The molecule has 1 aromatic heterocycles. The van der Waals surface area contributed by atoms with Gasteiger partial charge >= 0.3 is 0 Å². The second-order valence-corrected chi connectivity index (χ2v) is 5.63. The molecule has 0 unspecified atom stereocenters. The quantitative estimate of drug-likeness (QED) is 0.848. The summed E-state index contributed by atoms with van der Waals surface area (Å²) in [4.78, 5) is 14.7. The highest BCUT2D eigenvalue weighted by Crippen LogP contribution is 2.26. The predicted octanol–water partition coefficient (Wildman–Crippen LogP) is 3.55. The third-order valence-electron chi connectivity index (χ3n) is 4.14. The van der Waals surface area contributed by atoms with Crippen LogP contribution in [0.25, 0.3) is 0 Å². The minimum Gasteiger partial charge on any atom is -0.467 e. The lowest BCUT2D eigenvalue weighted by molar-refractivity contribution is -0.144. The molecule has 1 fully saturated rings. The lowest BCUT2D eigenvalue weighted by Gasteiger charge is -2.31. The minimum atomic E-state index is -0.318. The lowest BCUT2D eigenvalue weighted by Crippen LogP contribution is -2.40. The molecule has 2 atom stereocenters. The fourth-order valence-electron chi connectivity index (χ4n) is 2.85. The van der Waals surface area contributed by atoms with Crippen molar-refractivity contribution in [1.82, 2.24) is 4.90 Å². The molecule has 0 spiro atoms. The van der Waals surface area contributed by atoms with Crippen molar-refractivity contribution in [3.63, 3.8) is 0 Å². The van der Waals surface area contributed by atoms with E-state index in [9.17, 15) is 4.79 Å². The molecule has 1 amide bonds. The second-order valence-electron chi connectivity index (χ2n) is 5.63. The summed E-state index contributed by atoms with van der Waals surface area (Å²) in [6.07, 6.45) is 3.07. The van der Waals surface area contributed by atoms with Crippen LogP contribution in [0.1, 0.15) is 37.1 Å². The summed E-state index contributed by atoms with van der Waals surface area (Å²) in [5.41, 5.74) is 1.11. The summed E-state index contributed by atoms with van der Waals surface area (Å²) in [6.45, 7) is 3.18. The smallest absolute Gasteiger partial charge is 0.252 e. The van der Waals surface area contributed by atoms with Gasteiger partial charge in [-0.3, -0.25) is 4.79 Å². The van der Waals surface area contributed by atoms with Gasteiger partial charge in [-0.1, -0.05) is 30.3 Å². The number of hydrogen-bond donors (Lipinski definition) is 0. The summed E-state index contributed by atoms with van der Waals surface area (Å²) >= 11 is 0. The molecule has 1 aliphatic rings. The third-order valence-corrected chi connectivity index (χ3v) is 4.14. The van der Waals surface area contributed by atoms with Gasteiger partial charge in [0.15, 0.2) is 0 Å². The van der Waals surface area contributed by atoms with E-state index in [1.165, 1.54) is 0 Å². The Morgan fingerprint density at radius 1 is 1.27 bits per heavy atom. The van der Waals surface area contributed by atoms with Crippen LogP contribution >= 0.6 is 0 Å². The highest BCUT2D eigenvalue weighted by molar-refractivity contribution is 5.81. The zero-order valence-electron chi connectivity index (χ0n) is 12.8. The van der Waals surface area contributed by atoms with E-state index in [1.54, 1.807) is 6.26 Å². The predicted molar refractivity (Wildman–Crippen MR) is 83.1 cm³/mol. The molecular weight excluding hydrogens is 278 g/mol. The Balaban J connectivity index is 1.83. The molecule has 22 heavy (non-hydrogen) atoms. The van der Waals surface area contributed by atoms with Gasteiger partial charge in [-0.2, -0.15) is 0 Å². The number of furan rings is 1. The molecule has 0 bridgehead atoms. The number of ether oxygens (including phenoxy) is 1. The number of hydrogen-bond acceptors (Lipinski definition) is 3. The third kappa shape index (κ3) is 3.22. The van der Waals surface area contributed by atoms with Crippen LogP contribution in [0.4, 0.5) is 0 Å². The molecule has 3 rings (SSSR count). The monoisotopic (exact) mass is 299 g/mol. The molecule has 0 saturated carbocycles. The van der Waals surface area contributed by atoms with Gasteiger partial charge in [0.25, 0.3) is 5.91 Å². The maximum absolute atomic E-state index is 12.8. The fraction of sp³-hybridized carbons (Fsp3) is 0.389. The molecule has 4 nitrogen and oxygen atoms in total. The van der Waals surface area contributed by atoms with Gasteiger partial charge < -0.3 is 14.1 Å². The van der Waals surface area contributed by atoms with Crippen LogP contribution in [0, 0.1) is 0 Å². The molecule has 2 heterocycles. The fourth-order valence-corrected chi connectivity index (χ4v) is 2.85. The number of amides is 1. The van der Waals surface area contributed by atoms with E-state index in [0.717, 1.165) is 24.2 Å². The average Bonchev–Trinajstić information content (AvgIpc) is 3.25. The van der Waals surface area contributed by atoms with Gasteiger partial charge in [0, 0.05) is 6.61 Å². The standard InChI is InChI=1S/C18H21NO3/c1-14(15-7-3-2-4-8-15)19(13-16-9-5-11-21-16)18(20)17-10-6-12-22-17/h2-5,7-9,11,14,17H,6,10,12-13H2,1H3/t14-,17-/m0/s1. The van der Waals surface area contributed by atoms with Gasteiger partial charge in [-0.05, 0) is 37.5 Å². The summed E-state index contributed by atoms with van der Waals surface area (Å²) in [7, 11) is 0. The molecule has 1 saturated heterocycles. The van der Waals surface area contributed by atoms with E-state index >= 15 is 0 Å². The molecule has 0 N–H and O–H groups in total. The molecule has 116 valence electrons. The molecule has 4 heteroatoms. The zero-order valence-corrected chi connectivity index (χ0v) is 12.8. The van der Waals surface area contributed by atoms with Crippen LogP contribution < -0.4 is 0 Å². The number of carbonyl (C=O) groups is 1. The Labute approximate surface area is 130 Å². The highest BCUT2D eigenvalue weighted by atomic mass is 16.5. The summed E-state index contributed by atoms with van der Waals surface area (Å²) in [5.74, 6) is 0.833. The van der Waals surface area contributed by atoms with E-state index in [-0.39, 0.29) is 18.1 Å². The maximum atomic E-state index is 12.8. The first-order valence-electron chi connectivity index (χ1n) is 7.75. The van der Waals surface area contributed by atoms with E-state index in [1.807, 2.05) is 54.3 Å². The Bertz CT molecular complexity index is 588. The number of nitrogens with zero attached hydrogens (tertiary/aromatic N) is 1. The van der Waals surface area contributed by atoms with Crippen molar-refractivity contribution < 1.29 is 13.9 Å². The van der Waals surface area contributed by atoms with Crippen molar-refractivity contribution in [2.75, 3.05) is 6.61 Å². The van der Waals surface area contributed by atoms with Crippen molar-refractivity contribution >= 4 is 5.91 Å². The molecule has 1 aromatic carbocycles. The van der Waals surface area contributed by atoms with Crippen molar-refractivity contribution in [3.8, 4) is 0 Å². The van der Waals surface area contributed by atoms with Gasteiger partial charge in [0.05, 0.1) is 18.8 Å². The lowest BCUT2D eigenvalue weighted by atomic mass is 10.1. The molecule has 1 aliphatic heterocycles. The topological polar surface area (TPSA) is 42.7 Å². The largest absolute Gasteiger partial charge is 0.467 e. The number of rotatable bonds is 5. The minimum absolute atomic E-state index is 0.0250. The van der Waals surface area contributed by atoms with E-state index < -0.39 is 0 Å². The van der Waals surface area contributed by atoms with Crippen LogP contribution in [-0.4, -0.2) is 23.5 Å². The summed E-state index contributed by atoms with van der Waals surface area (Å²) < 4.78 is 11.0. The first kappa shape index (κ1) is 14.9. The van der Waals surface area contributed by atoms with Gasteiger partial charge in [-0.15, -0.1) is 0 Å². The van der Waals surface area contributed by atoms with Crippen LogP contribution in [0.5, 0.6) is 0 Å². The van der Waals surface area contributed by atoms with Crippen LogP contribution in [-0.2, 0) is 16.1 Å². The zero-order chi connectivity index (χ0) is 15.4. The summed E-state index contributed by atoms with van der Waals surface area (Å²) in [5, 5.41) is 0. The first-order chi connectivity index (χ1) is 10.8. The number of carbonyl (C=O) groups excluding carboxylic acids is 1. The highest BCUT2D eigenvalue weighted by Gasteiger charge is 2.31. The van der Waals surface area contributed by atoms with Crippen molar-refractivity contribution in [2.24, 2.45) is 0 Å². The van der Waals surface area contributed by atoms with Crippen molar-refractivity contribution in [3.05, 3.63) is 60.1 Å². The normalized spacial score (nSPS) is 19.0. The van der Waals surface area contributed by atoms with Crippen molar-refractivity contribution in [2.45, 2.75) is 38.5 Å².